The molecule has 1 fully saturated rings. The number of hydrogen-bond donors (Lipinski definition) is 2. The van der Waals surface area contributed by atoms with Gasteiger partial charge in [-0.1, -0.05) is 99.6 Å². The summed E-state index contributed by atoms with van der Waals surface area (Å²) < 4.78 is 25.8. The van der Waals surface area contributed by atoms with Crippen molar-refractivity contribution >= 4 is 22.6 Å². The summed E-state index contributed by atoms with van der Waals surface area (Å²) in [6, 6.07) is 0. The van der Waals surface area contributed by atoms with Crippen LogP contribution in [0.3, 0.4) is 0 Å². The van der Waals surface area contributed by atoms with E-state index in [0.29, 0.717) is 24.7 Å². The van der Waals surface area contributed by atoms with Gasteiger partial charge in [0.15, 0.2) is 16.6 Å². The largest absolute Gasteiger partial charge is 0.457 e. The van der Waals surface area contributed by atoms with Gasteiger partial charge in [-0.15, -0.1) is 0 Å². The molecular formula is C40H74O7Si2. The molecule has 0 aromatic heterocycles. The molecule has 9 heteroatoms. The van der Waals surface area contributed by atoms with Crippen LogP contribution in [0.1, 0.15) is 115 Å². The molecule has 0 bridgehead atoms. The first-order valence-corrected chi connectivity index (χ1v) is 24.7. The fourth-order valence-corrected chi connectivity index (χ4v) is 8.93. The zero-order valence-electron chi connectivity index (χ0n) is 34.1. The molecule has 2 aliphatic rings. The molecule has 2 rings (SSSR count). The quantitative estimate of drug-likeness (QED) is 0.0681. The van der Waals surface area contributed by atoms with Gasteiger partial charge in [-0.25, -0.2) is 0 Å². The number of hydrogen-bond acceptors (Lipinski definition) is 7. The van der Waals surface area contributed by atoms with Crippen LogP contribution in [0.4, 0.5) is 0 Å². The molecular weight excluding hydrogens is 649 g/mol. The maximum atomic E-state index is 13.4. The van der Waals surface area contributed by atoms with Gasteiger partial charge in [0.1, 0.15) is 12.2 Å². The van der Waals surface area contributed by atoms with Crippen molar-refractivity contribution in [3.05, 3.63) is 36.0 Å². The zero-order valence-corrected chi connectivity index (χ0v) is 36.1. The minimum atomic E-state index is -2.20. The molecule has 7 nitrogen and oxygen atoms in total. The number of rotatable bonds is 12. The van der Waals surface area contributed by atoms with Gasteiger partial charge in [-0.2, -0.15) is 0 Å². The highest BCUT2D eigenvalue weighted by Crippen LogP contribution is 2.42. The van der Waals surface area contributed by atoms with Crippen molar-refractivity contribution in [1.82, 2.24) is 0 Å². The van der Waals surface area contributed by atoms with Gasteiger partial charge in [0.05, 0.1) is 30.3 Å². The molecule has 2 heterocycles. The number of allylic oxidation sites excluding steroid dienone is 3. The first kappa shape index (κ1) is 44.1. The maximum Gasteiger partial charge on any atom is 0.308 e. The van der Waals surface area contributed by atoms with Gasteiger partial charge >= 0.3 is 5.97 Å². The lowest BCUT2D eigenvalue weighted by atomic mass is 9.89. The summed E-state index contributed by atoms with van der Waals surface area (Å²) in [6.45, 7) is 34.7. The van der Waals surface area contributed by atoms with Crippen LogP contribution in [0.15, 0.2) is 36.0 Å². The maximum absolute atomic E-state index is 13.4. The second kappa shape index (κ2) is 17.2. The van der Waals surface area contributed by atoms with Gasteiger partial charge in [0.25, 0.3) is 0 Å². The van der Waals surface area contributed by atoms with Crippen LogP contribution in [-0.4, -0.2) is 75.0 Å². The number of ether oxygens (including phenoxy) is 2. The molecule has 2 aliphatic heterocycles. The lowest BCUT2D eigenvalue weighted by Gasteiger charge is -2.40. The van der Waals surface area contributed by atoms with Gasteiger partial charge in [-0.05, 0) is 87.3 Å². The number of carbonyl (C=O) groups is 1. The summed E-state index contributed by atoms with van der Waals surface area (Å²) in [5.41, 5.74) is -0.429. The lowest BCUT2D eigenvalue weighted by molar-refractivity contribution is -0.151. The fraction of sp³-hybridized carbons (Fsp3) is 0.825. The Balaban J connectivity index is 2.14. The van der Waals surface area contributed by atoms with Crippen LogP contribution in [-0.2, 0) is 23.1 Å². The standard InChI is InChI=1S/C40H74O7Si2/c1-17-32(47-49(15,16)39(9,10)11)30(5)37-33(44-37)25-27(2)19-18-20-28(3)36-29(4)21-22-34(41)40(12,43)24-23-31(26-35(42)45-36)46-48(13,14)38(6,7)8/h18-22,27,29-34,36-37,41,43H,17,23-26H2,1-16H3/b19-18+,22-21+,28-20+/t27-,29+,30-,31-,32-,33+,34+,36-,37-,40-/m1/s1. The van der Waals surface area contributed by atoms with Crippen molar-refractivity contribution in [1.29, 1.82) is 0 Å². The zero-order chi connectivity index (χ0) is 37.8. The first-order chi connectivity index (χ1) is 22.2. The molecule has 0 unspecified atom stereocenters. The minimum absolute atomic E-state index is 0.0347. The highest BCUT2D eigenvalue weighted by atomic mass is 28.4. The summed E-state index contributed by atoms with van der Waals surface area (Å²) in [6.07, 6.45) is 11.2. The number of aliphatic hydroxyl groups excluding tert-OH is 1. The second-order valence-electron chi connectivity index (χ2n) is 18.5. The van der Waals surface area contributed by atoms with Crippen LogP contribution in [0, 0.1) is 17.8 Å². The number of esters is 1. The summed E-state index contributed by atoms with van der Waals surface area (Å²) in [4.78, 5) is 13.4. The summed E-state index contributed by atoms with van der Waals surface area (Å²) in [7, 11) is -4.06. The fourth-order valence-electron chi connectivity index (χ4n) is 6.05. The van der Waals surface area contributed by atoms with E-state index >= 15 is 0 Å². The minimum Gasteiger partial charge on any atom is -0.457 e. The van der Waals surface area contributed by atoms with Crippen LogP contribution in [0.2, 0.25) is 36.3 Å². The summed E-state index contributed by atoms with van der Waals surface area (Å²) in [5, 5.41) is 22.2. The SMILES string of the molecule is CC[C@@H](O[Si](C)(C)C(C)(C)C)[C@@H](C)[C@H]1O[C@H]1C[C@H](C)/C=C/C=C(\C)[C@H]1OC(=O)C[C@H](O[Si](C)(C)C(C)(C)C)CC[C@@](C)(O)[C@@H](O)/C=C/[C@@H]1C. The van der Waals surface area contributed by atoms with Crippen molar-refractivity contribution in [3.63, 3.8) is 0 Å². The van der Waals surface area contributed by atoms with Crippen molar-refractivity contribution in [2.24, 2.45) is 17.8 Å². The lowest BCUT2D eigenvalue weighted by Crippen LogP contribution is -2.46. The van der Waals surface area contributed by atoms with Gasteiger partial charge < -0.3 is 28.5 Å². The Hall–Kier alpha value is -1.08. The third-order valence-electron chi connectivity index (χ3n) is 11.8. The Morgan fingerprint density at radius 1 is 1.08 bits per heavy atom. The van der Waals surface area contributed by atoms with E-state index in [4.69, 9.17) is 18.3 Å². The van der Waals surface area contributed by atoms with Crippen molar-refractivity contribution in [2.45, 2.75) is 194 Å². The third-order valence-corrected chi connectivity index (χ3v) is 20.9. The third kappa shape index (κ3) is 12.8. The Kier molecular flexibility index (Phi) is 15.4. The smallest absolute Gasteiger partial charge is 0.308 e. The number of epoxide rings is 1. The molecule has 0 aromatic carbocycles. The van der Waals surface area contributed by atoms with Crippen LogP contribution in [0.25, 0.3) is 0 Å². The molecule has 0 spiro atoms. The molecule has 0 aliphatic carbocycles. The monoisotopic (exact) mass is 722 g/mol. The van der Waals surface area contributed by atoms with E-state index in [1.807, 2.05) is 26.0 Å². The van der Waals surface area contributed by atoms with Gasteiger partial charge in [-0.3, -0.25) is 4.79 Å². The van der Waals surface area contributed by atoms with Crippen LogP contribution >= 0.6 is 0 Å². The second-order valence-corrected chi connectivity index (χ2v) is 28.0. The number of carbonyl (C=O) groups excluding carboxylic acids is 1. The molecule has 0 amide bonds. The Morgan fingerprint density at radius 2 is 1.67 bits per heavy atom. The average molecular weight is 723 g/mol. The van der Waals surface area contributed by atoms with E-state index in [2.05, 4.69) is 101 Å². The van der Waals surface area contributed by atoms with Crippen LogP contribution < -0.4 is 0 Å². The molecule has 1 saturated heterocycles. The number of cyclic esters (lactones) is 1. The predicted octanol–water partition coefficient (Wildman–Crippen LogP) is 9.51. The van der Waals surface area contributed by atoms with Crippen molar-refractivity contribution in [3.8, 4) is 0 Å². The highest BCUT2D eigenvalue weighted by Gasteiger charge is 2.48. The Bertz CT molecular complexity index is 1160. The molecule has 10 atom stereocenters. The molecule has 0 aromatic rings. The van der Waals surface area contributed by atoms with E-state index < -0.39 is 40.5 Å². The average Bonchev–Trinajstić information content (AvgIpc) is 3.72. The number of aliphatic hydroxyl groups is 2. The molecule has 49 heavy (non-hydrogen) atoms. The summed E-state index contributed by atoms with van der Waals surface area (Å²) >= 11 is 0. The molecule has 2 N–H and O–H groups in total. The van der Waals surface area contributed by atoms with Crippen LogP contribution in [0.5, 0.6) is 0 Å². The highest BCUT2D eigenvalue weighted by molar-refractivity contribution is 6.74. The van der Waals surface area contributed by atoms with E-state index in [0.717, 1.165) is 18.4 Å². The summed E-state index contributed by atoms with van der Waals surface area (Å²) in [5.74, 6) is 0.142. The van der Waals surface area contributed by atoms with E-state index in [1.165, 1.54) is 0 Å². The predicted molar refractivity (Wildman–Crippen MR) is 208 cm³/mol. The van der Waals surface area contributed by atoms with Gasteiger partial charge in [0.2, 0.25) is 0 Å². The topological polar surface area (TPSA) is 97.8 Å². The Morgan fingerprint density at radius 3 is 2.22 bits per heavy atom. The first-order valence-electron chi connectivity index (χ1n) is 18.9. The normalized spacial score (nSPS) is 32.5. The van der Waals surface area contributed by atoms with E-state index in [-0.39, 0.29) is 46.7 Å². The van der Waals surface area contributed by atoms with Crippen molar-refractivity contribution < 1.29 is 33.3 Å². The Labute approximate surface area is 302 Å². The van der Waals surface area contributed by atoms with E-state index in [9.17, 15) is 15.0 Å². The van der Waals surface area contributed by atoms with E-state index in [1.54, 1.807) is 13.0 Å². The van der Waals surface area contributed by atoms with Gasteiger partial charge in [0, 0.05) is 17.9 Å². The molecule has 284 valence electrons. The van der Waals surface area contributed by atoms with Crippen molar-refractivity contribution in [2.75, 3.05) is 0 Å². The molecule has 0 saturated carbocycles. The molecule has 0 radical (unpaired) electrons.